The first kappa shape index (κ1) is 12.7. The van der Waals surface area contributed by atoms with E-state index in [9.17, 15) is 9.90 Å². The van der Waals surface area contributed by atoms with Gasteiger partial charge in [0.25, 0.3) is 0 Å². The van der Waals surface area contributed by atoms with Crippen molar-refractivity contribution in [3.8, 4) is 17.1 Å². The van der Waals surface area contributed by atoms with Crippen LogP contribution in [-0.4, -0.2) is 15.9 Å². The van der Waals surface area contributed by atoms with Crippen molar-refractivity contribution in [1.82, 2.24) is 4.98 Å². The average molecular weight is 269 g/mol. The Morgan fingerprint density at radius 3 is 2.65 bits per heavy atom. The van der Waals surface area contributed by atoms with Gasteiger partial charge in [-0.1, -0.05) is 39.5 Å². The Bertz CT molecular complexity index is 748. The molecule has 1 aromatic carbocycles. The summed E-state index contributed by atoms with van der Waals surface area (Å²) >= 11 is 0. The second-order valence-electron chi connectivity index (χ2n) is 5.95. The lowest BCUT2D eigenvalue weighted by Crippen LogP contribution is -2.12. The van der Waals surface area contributed by atoms with Crippen LogP contribution in [-0.2, 0) is 5.41 Å². The molecule has 4 nitrogen and oxygen atoms in total. The third-order valence-electron chi connectivity index (χ3n) is 3.34. The van der Waals surface area contributed by atoms with Gasteiger partial charge in [-0.15, -0.1) is 0 Å². The first-order chi connectivity index (χ1) is 9.30. The number of hydrogen-bond acceptors (Lipinski definition) is 4. The highest BCUT2D eigenvalue weighted by molar-refractivity contribution is 6.33. The second kappa shape index (κ2) is 3.82. The average Bonchev–Trinajstić information content (AvgIpc) is 2.80. The van der Waals surface area contributed by atoms with Crippen LogP contribution in [0, 0.1) is 0 Å². The lowest BCUT2D eigenvalue weighted by Gasteiger charge is -2.15. The number of carbonyl (C=O) groups is 1. The van der Waals surface area contributed by atoms with Crippen molar-refractivity contribution in [2.75, 3.05) is 0 Å². The Morgan fingerprint density at radius 2 is 2.00 bits per heavy atom. The smallest absolute Gasteiger partial charge is 0.200 e. The monoisotopic (exact) mass is 269 g/mol. The standard InChI is InChI=1S/C16H15NO3/c1-8-12-14(20-15(17-12)16(2,3)4)11-9(13(8)19)6-5-7-10(11)18/h5-7,18H,1H2,2-4H3. The number of benzene rings is 1. The molecule has 0 unspecified atom stereocenters. The highest BCUT2D eigenvalue weighted by Gasteiger charge is 2.35. The number of phenols is 1. The Labute approximate surface area is 116 Å². The van der Waals surface area contributed by atoms with Gasteiger partial charge in [-0.25, -0.2) is 4.98 Å². The normalized spacial score (nSPS) is 14.2. The van der Waals surface area contributed by atoms with E-state index in [4.69, 9.17) is 4.42 Å². The van der Waals surface area contributed by atoms with E-state index >= 15 is 0 Å². The molecule has 102 valence electrons. The van der Waals surface area contributed by atoms with Gasteiger partial charge in [0.2, 0.25) is 5.89 Å². The van der Waals surface area contributed by atoms with Gasteiger partial charge in [0.15, 0.2) is 11.5 Å². The third-order valence-corrected chi connectivity index (χ3v) is 3.34. The molecule has 2 aromatic rings. The highest BCUT2D eigenvalue weighted by atomic mass is 16.4. The van der Waals surface area contributed by atoms with Crippen LogP contribution in [0.5, 0.6) is 5.75 Å². The van der Waals surface area contributed by atoms with E-state index in [1.54, 1.807) is 12.1 Å². The zero-order chi connectivity index (χ0) is 14.7. The molecule has 0 atom stereocenters. The summed E-state index contributed by atoms with van der Waals surface area (Å²) in [5.74, 6) is 0.735. The number of Topliss-reactive ketones (excluding diaryl/α,β-unsaturated/α-hetero) is 1. The second-order valence-corrected chi connectivity index (χ2v) is 5.95. The van der Waals surface area contributed by atoms with Gasteiger partial charge in [-0.05, 0) is 6.07 Å². The number of allylic oxidation sites excluding steroid dienone is 1. The summed E-state index contributed by atoms with van der Waals surface area (Å²) < 4.78 is 5.81. The fraction of sp³-hybridized carbons (Fsp3) is 0.250. The third kappa shape index (κ3) is 1.61. The quantitative estimate of drug-likeness (QED) is 0.743. The zero-order valence-electron chi connectivity index (χ0n) is 11.7. The molecule has 1 N–H and O–H groups in total. The molecule has 0 bridgehead atoms. The first-order valence-electron chi connectivity index (χ1n) is 6.38. The van der Waals surface area contributed by atoms with Crippen LogP contribution in [0.15, 0.2) is 29.2 Å². The largest absolute Gasteiger partial charge is 0.507 e. The van der Waals surface area contributed by atoms with Crippen molar-refractivity contribution >= 4 is 11.4 Å². The number of nitrogens with zero attached hydrogens (tertiary/aromatic N) is 1. The topological polar surface area (TPSA) is 63.3 Å². The van der Waals surface area contributed by atoms with Crippen LogP contribution in [0.25, 0.3) is 16.9 Å². The molecule has 4 heteroatoms. The zero-order valence-corrected chi connectivity index (χ0v) is 11.7. The van der Waals surface area contributed by atoms with Crippen molar-refractivity contribution < 1.29 is 14.3 Å². The number of carbonyl (C=O) groups excluding carboxylic acids is 1. The Morgan fingerprint density at radius 1 is 1.30 bits per heavy atom. The Kier molecular flexibility index (Phi) is 2.42. The molecule has 1 aromatic heterocycles. The number of oxazole rings is 1. The van der Waals surface area contributed by atoms with Gasteiger partial charge in [0, 0.05) is 16.6 Å². The predicted molar refractivity (Wildman–Crippen MR) is 75.7 cm³/mol. The van der Waals surface area contributed by atoms with Crippen LogP contribution in [0.1, 0.15) is 42.7 Å². The van der Waals surface area contributed by atoms with E-state index in [0.29, 0.717) is 34.0 Å². The SMILES string of the molecule is C=C1C(=O)c2cccc(O)c2-c2oc(C(C)(C)C)nc21. The molecule has 3 rings (SSSR count). The fourth-order valence-corrected chi connectivity index (χ4v) is 2.25. The molecule has 0 aliphatic heterocycles. The number of aromatic hydroxyl groups is 1. The van der Waals surface area contributed by atoms with Gasteiger partial charge in [-0.3, -0.25) is 4.79 Å². The minimum atomic E-state index is -0.286. The van der Waals surface area contributed by atoms with Crippen molar-refractivity contribution in [1.29, 1.82) is 0 Å². The lowest BCUT2D eigenvalue weighted by molar-refractivity contribution is 0.105. The van der Waals surface area contributed by atoms with E-state index in [1.165, 1.54) is 6.07 Å². The fourth-order valence-electron chi connectivity index (χ4n) is 2.25. The van der Waals surface area contributed by atoms with E-state index in [2.05, 4.69) is 11.6 Å². The summed E-state index contributed by atoms with van der Waals surface area (Å²) in [6.07, 6.45) is 0. The molecule has 0 fully saturated rings. The Balaban J connectivity index is 2.35. The molecule has 20 heavy (non-hydrogen) atoms. The maximum absolute atomic E-state index is 12.3. The van der Waals surface area contributed by atoms with Crippen LogP contribution in [0.4, 0.5) is 0 Å². The molecule has 0 spiro atoms. The minimum absolute atomic E-state index is 0.0150. The highest BCUT2D eigenvalue weighted by Crippen LogP contribution is 2.44. The Hall–Kier alpha value is -2.36. The summed E-state index contributed by atoms with van der Waals surface area (Å²) in [6, 6.07) is 4.82. The number of aromatic nitrogens is 1. The van der Waals surface area contributed by atoms with Crippen molar-refractivity contribution in [3.05, 3.63) is 41.9 Å². The molecular formula is C16H15NO3. The summed E-state index contributed by atoms with van der Waals surface area (Å²) in [4.78, 5) is 16.7. The molecule has 0 amide bonds. The summed E-state index contributed by atoms with van der Waals surface area (Å²) in [6.45, 7) is 9.73. The van der Waals surface area contributed by atoms with Crippen LogP contribution in [0.2, 0.25) is 0 Å². The van der Waals surface area contributed by atoms with Crippen molar-refractivity contribution in [2.45, 2.75) is 26.2 Å². The summed E-state index contributed by atoms with van der Waals surface area (Å²) in [5.41, 5.74) is 1.25. The van der Waals surface area contributed by atoms with Gasteiger partial charge >= 0.3 is 0 Å². The molecule has 0 saturated heterocycles. The number of ketones is 1. The number of hydrogen-bond donors (Lipinski definition) is 1. The van der Waals surface area contributed by atoms with Gasteiger partial charge < -0.3 is 9.52 Å². The van der Waals surface area contributed by atoms with Gasteiger partial charge in [0.1, 0.15) is 11.4 Å². The number of rotatable bonds is 0. The van der Waals surface area contributed by atoms with E-state index < -0.39 is 0 Å². The van der Waals surface area contributed by atoms with Crippen molar-refractivity contribution in [3.63, 3.8) is 0 Å². The summed E-state index contributed by atoms with van der Waals surface area (Å²) in [7, 11) is 0. The molecular weight excluding hydrogens is 254 g/mol. The van der Waals surface area contributed by atoms with Crippen LogP contribution >= 0.6 is 0 Å². The number of phenolic OH excluding ortho intramolecular Hbond substituents is 1. The first-order valence-corrected chi connectivity index (χ1v) is 6.38. The van der Waals surface area contributed by atoms with Crippen LogP contribution < -0.4 is 0 Å². The predicted octanol–water partition coefficient (Wildman–Crippen LogP) is 3.55. The molecule has 1 aliphatic rings. The van der Waals surface area contributed by atoms with E-state index in [0.717, 1.165) is 0 Å². The maximum atomic E-state index is 12.3. The molecule has 1 aliphatic carbocycles. The van der Waals surface area contributed by atoms with Crippen molar-refractivity contribution in [2.24, 2.45) is 0 Å². The van der Waals surface area contributed by atoms with Crippen LogP contribution in [0.3, 0.4) is 0 Å². The molecule has 1 heterocycles. The van der Waals surface area contributed by atoms with E-state index in [1.807, 2.05) is 20.8 Å². The lowest BCUT2D eigenvalue weighted by atomic mass is 9.88. The maximum Gasteiger partial charge on any atom is 0.200 e. The minimum Gasteiger partial charge on any atom is -0.507 e. The van der Waals surface area contributed by atoms with Gasteiger partial charge in [-0.2, -0.15) is 0 Å². The molecule has 0 radical (unpaired) electrons. The van der Waals surface area contributed by atoms with Gasteiger partial charge in [0.05, 0.1) is 5.56 Å². The van der Waals surface area contributed by atoms with E-state index in [-0.39, 0.29) is 16.9 Å². The molecule has 0 saturated carbocycles. The summed E-state index contributed by atoms with van der Waals surface area (Å²) in [5, 5.41) is 10.0. The number of fused-ring (bicyclic) bond motifs is 3.